The Balaban J connectivity index is -0.000000141. The van der Waals surface area contributed by atoms with E-state index < -0.39 is 0 Å². The summed E-state index contributed by atoms with van der Waals surface area (Å²) in [5.74, 6) is 0. The van der Waals surface area contributed by atoms with Gasteiger partial charge in [0.05, 0.1) is 0 Å². The Morgan fingerprint density at radius 2 is 0.978 bits per heavy atom. The van der Waals surface area contributed by atoms with Crippen molar-refractivity contribution < 1.29 is 58.2 Å². The molecule has 0 bridgehead atoms. The number of nitrogens with one attached hydrogen (secondary N) is 2. The average Bonchev–Trinajstić information content (AvgIpc) is 3.64. The van der Waals surface area contributed by atoms with Gasteiger partial charge in [-0.1, -0.05) is 90.9 Å². The minimum atomic E-state index is 0. The Hall–Kier alpha value is -1.79. The fourth-order valence-corrected chi connectivity index (χ4v) is 3.54. The van der Waals surface area contributed by atoms with Crippen LogP contribution in [0.15, 0.2) is 102 Å². The number of aryl methyl sites for hydroxylation is 7. The van der Waals surface area contributed by atoms with E-state index in [0.717, 1.165) is 5.69 Å². The zero-order valence-electron chi connectivity index (χ0n) is 31.3. The molecule has 3 aromatic carbocycles. The molecule has 0 atom stereocenters. The van der Waals surface area contributed by atoms with E-state index in [0.29, 0.717) is 0 Å². The summed E-state index contributed by atoms with van der Waals surface area (Å²) in [6.07, 6.45) is 3.99. The van der Waals surface area contributed by atoms with Gasteiger partial charge >= 0.3 is 58.2 Å². The van der Waals surface area contributed by atoms with Crippen LogP contribution in [0.4, 0.5) is 5.69 Å². The number of aromatic amines is 1. The smallest absolute Gasteiger partial charge is 0.693 e. The minimum absolute atomic E-state index is 0. The van der Waals surface area contributed by atoms with Gasteiger partial charge in [0.1, 0.15) is 0 Å². The van der Waals surface area contributed by atoms with Crippen molar-refractivity contribution in [2.45, 2.75) is 90.0 Å². The zero-order valence-corrected chi connectivity index (χ0v) is 37.0. The van der Waals surface area contributed by atoms with Crippen LogP contribution in [-0.2, 0) is 0 Å². The summed E-state index contributed by atoms with van der Waals surface area (Å²) in [4.78, 5) is 3.00. The summed E-state index contributed by atoms with van der Waals surface area (Å²) < 4.78 is 0. The van der Waals surface area contributed by atoms with E-state index in [-0.39, 0.29) is 64.3 Å². The third kappa shape index (κ3) is 30.6. The second-order valence-corrected chi connectivity index (χ2v) is 9.58. The summed E-state index contributed by atoms with van der Waals surface area (Å²) in [7, 11) is 1.91. The number of H-pyrrole nitrogens is 1. The number of benzene rings is 3. The molecule has 0 aliphatic rings. The van der Waals surface area contributed by atoms with Crippen LogP contribution in [0.25, 0.3) is 6.15 Å². The molecule has 0 radical (unpaired) electrons. The largest absolute Gasteiger partial charge is 1.00 e. The number of aromatic nitrogens is 1. The number of hydrogen-bond acceptors (Lipinski definition) is 2. The molecule has 45 heavy (non-hydrogen) atoms. The van der Waals surface area contributed by atoms with Crippen molar-refractivity contribution in [2.24, 2.45) is 0 Å². The first-order valence-corrected chi connectivity index (χ1v) is 16.5. The van der Waals surface area contributed by atoms with E-state index in [2.05, 4.69) is 106 Å². The Kier molecular flexibility index (Phi) is 45.0. The van der Waals surface area contributed by atoms with Gasteiger partial charge in [0.2, 0.25) is 0 Å². The third-order valence-electron chi connectivity index (χ3n) is 5.68. The topological polar surface area (TPSA) is 61.3 Å². The van der Waals surface area contributed by atoms with Gasteiger partial charge in [-0.2, -0.15) is 47.2 Å². The number of nitrogens with two attached hydrogens (primary N) is 1. The number of rotatable bonds is 1. The zero-order chi connectivity index (χ0) is 33.5. The molecule has 3 nitrogen and oxygen atoms in total. The molecule has 0 unspecified atom stereocenters. The van der Waals surface area contributed by atoms with Crippen LogP contribution in [0.1, 0.15) is 80.5 Å². The number of thiophene rings is 1. The Morgan fingerprint density at radius 1 is 0.556 bits per heavy atom. The standard InChI is InChI=1S/C8H10.C7H9N.C7H7.C6H9N.C6H8S.3C2H6.H2N.Rb/c1-7-5-3-4-6-8(7)2;1-8-7-5-3-2-4-6-7;1-7-5-3-2-4-6-7;2*1-5-3-7-4-6(5)2;3*1-2;;/h3-6H,1-2H3;2-6,8H,1H3;2-3,5-6H,1H3;3-4,7H,1-2H3;3-4H,1-2H3;3*1-2H3;1H2;/q;;-1;;;;;;-1;+1. The molecule has 5 aromatic rings. The quantitative estimate of drug-likeness (QED) is 0.168. The second-order valence-electron chi connectivity index (χ2n) is 8.84. The fraction of sp³-hybridized carbons (Fsp3) is 0.350. The van der Waals surface area contributed by atoms with Crippen molar-refractivity contribution in [3.63, 3.8) is 0 Å². The molecule has 2 heterocycles. The Morgan fingerprint density at radius 3 is 1.18 bits per heavy atom. The number of hydrogen-bond donors (Lipinski definition) is 2. The summed E-state index contributed by atoms with van der Waals surface area (Å²) in [5.41, 5.74) is 10.6. The second kappa shape index (κ2) is 38.4. The first kappa shape index (κ1) is 52.7. The van der Waals surface area contributed by atoms with Gasteiger partial charge in [0.25, 0.3) is 0 Å². The molecule has 0 fully saturated rings. The normalized spacial score (nSPS) is 7.87. The molecular formula is C40H63N3RbS-. The van der Waals surface area contributed by atoms with Crippen molar-refractivity contribution in [3.8, 4) is 0 Å². The van der Waals surface area contributed by atoms with E-state index in [4.69, 9.17) is 0 Å². The van der Waals surface area contributed by atoms with Crippen LogP contribution >= 0.6 is 11.3 Å². The maximum absolute atomic E-state index is 3.03. The van der Waals surface area contributed by atoms with E-state index in [1.165, 1.54) is 38.9 Å². The van der Waals surface area contributed by atoms with E-state index in [9.17, 15) is 0 Å². The molecule has 0 amide bonds. The van der Waals surface area contributed by atoms with Crippen LogP contribution in [-0.4, -0.2) is 12.0 Å². The fourth-order valence-electron chi connectivity index (χ4n) is 2.69. The third-order valence-corrected chi connectivity index (χ3v) is 6.66. The summed E-state index contributed by atoms with van der Waals surface area (Å²) in [6, 6.07) is 29.3. The van der Waals surface area contributed by atoms with Gasteiger partial charge in [0.15, 0.2) is 0 Å². The van der Waals surface area contributed by atoms with E-state index >= 15 is 0 Å². The van der Waals surface area contributed by atoms with Crippen molar-refractivity contribution >= 4 is 17.0 Å². The van der Waals surface area contributed by atoms with Crippen LogP contribution in [0, 0.1) is 54.5 Å². The predicted octanol–water partition coefficient (Wildman–Crippen LogP) is 10.6. The molecule has 0 saturated heterocycles. The first-order chi connectivity index (χ1) is 20.7. The molecule has 0 spiro atoms. The number of para-hydroxylation sites is 1. The van der Waals surface area contributed by atoms with Crippen LogP contribution in [0.2, 0.25) is 0 Å². The Bertz CT molecular complexity index is 1140. The van der Waals surface area contributed by atoms with Crippen molar-refractivity contribution in [1.82, 2.24) is 4.98 Å². The van der Waals surface area contributed by atoms with Gasteiger partial charge < -0.3 is 16.5 Å². The predicted molar refractivity (Wildman–Crippen MR) is 205 cm³/mol. The summed E-state index contributed by atoms with van der Waals surface area (Å²) in [5, 5.41) is 7.35. The van der Waals surface area contributed by atoms with Crippen LogP contribution in [0.3, 0.4) is 0 Å². The van der Waals surface area contributed by atoms with E-state index in [1.807, 2.05) is 110 Å². The van der Waals surface area contributed by atoms with Crippen LogP contribution < -0.4 is 63.5 Å². The monoisotopic (exact) mass is 702 g/mol. The van der Waals surface area contributed by atoms with Crippen molar-refractivity contribution in [2.75, 3.05) is 12.4 Å². The molecule has 246 valence electrons. The molecule has 4 N–H and O–H groups in total. The molecule has 5 rings (SSSR count). The summed E-state index contributed by atoms with van der Waals surface area (Å²) >= 11 is 1.77. The SMILES string of the molecule is CC.CC.CC.CNc1ccccc1.Cc1c[c-]ccc1.Cc1c[nH]cc1C.Cc1ccccc1C.Cc1cscc1C.[NH2-].[Rb+]. The molecule has 2 aromatic heterocycles. The molecule has 5 heteroatoms. The summed E-state index contributed by atoms with van der Waals surface area (Å²) in [6.45, 7) is 26.7. The molecule has 0 aliphatic carbocycles. The van der Waals surface area contributed by atoms with Crippen LogP contribution in [0.5, 0.6) is 0 Å². The molecular weight excluding hydrogens is 640 g/mol. The van der Waals surface area contributed by atoms with Gasteiger partial charge in [-0.25, -0.2) is 0 Å². The molecule has 0 saturated carbocycles. The first-order valence-electron chi connectivity index (χ1n) is 15.5. The van der Waals surface area contributed by atoms with Gasteiger partial charge in [-0.15, -0.1) is 0 Å². The average molecular weight is 704 g/mol. The van der Waals surface area contributed by atoms with Gasteiger partial charge in [-0.05, 0) is 97.8 Å². The Labute approximate surface area is 332 Å². The van der Waals surface area contributed by atoms with Crippen molar-refractivity contribution in [3.05, 3.63) is 153 Å². The maximum Gasteiger partial charge on any atom is 1.00 e. The van der Waals surface area contributed by atoms with E-state index in [1.54, 1.807) is 11.3 Å². The maximum atomic E-state index is 3.03. The number of anilines is 1. The van der Waals surface area contributed by atoms with Crippen molar-refractivity contribution in [1.29, 1.82) is 0 Å². The molecule has 0 aliphatic heterocycles. The van der Waals surface area contributed by atoms with Gasteiger partial charge in [-0.3, -0.25) is 0 Å². The minimum Gasteiger partial charge on any atom is -0.693 e. The van der Waals surface area contributed by atoms with Gasteiger partial charge in [0, 0.05) is 25.1 Å².